The Morgan fingerprint density at radius 1 is 1.41 bits per heavy atom. The van der Waals surface area contributed by atoms with E-state index in [2.05, 4.69) is 5.32 Å². The van der Waals surface area contributed by atoms with Gasteiger partial charge in [0.05, 0.1) is 12.3 Å². The summed E-state index contributed by atoms with van der Waals surface area (Å²) in [4.78, 5) is 11.9. The first kappa shape index (κ1) is 14.2. The van der Waals surface area contributed by atoms with E-state index in [1.54, 1.807) is 20.8 Å². The molecule has 0 aromatic rings. The van der Waals surface area contributed by atoms with Crippen molar-refractivity contribution in [3.63, 3.8) is 0 Å². The van der Waals surface area contributed by atoms with E-state index >= 15 is 0 Å². The quantitative estimate of drug-likeness (QED) is 0.788. The maximum atomic E-state index is 11.9. The standard InChI is InChI=1S/C10H20N2O4S/c1-10(2,3)16-9(13)12(17(4,14)15)8-5-6-11-7-8/h8,11H,5-7H2,1-4H3. The van der Waals surface area contributed by atoms with Crippen LogP contribution in [0.1, 0.15) is 27.2 Å². The minimum Gasteiger partial charge on any atom is -0.443 e. The van der Waals surface area contributed by atoms with Gasteiger partial charge in [-0.05, 0) is 33.7 Å². The molecule has 1 fully saturated rings. The number of ether oxygens (including phenoxy) is 1. The molecule has 0 bridgehead atoms. The molecule has 0 radical (unpaired) electrons. The molecule has 0 aliphatic carbocycles. The summed E-state index contributed by atoms with van der Waals surface area (Å²) < 4.78 is 29.3. The van der Waals surface area contributed by atoms with Gasteiger partial charge >= 0.3 is 6.09 Å². The van der Waals surface area contributed by atoms with Crippen LogP contribution in [0.25, 0.3) is 0 Å². The molecule has 1 aliphatic heterocycles. The zero-order valence-electron chi connectivity index (χ0n) is 10.7. The fraction of sp³-hybridized carbons (Fsp3) is 0.900. The van der Waals surface area contributed by atoms with Crippen molar-refractivity contribution >= 4 is 16.1 Å². The normalized spacial score (nSPS) is 21.3. The average Bonchev–Trinajstić information content (AvgIpc) is 2.49. The number of amides is 1. The topological polar surface area (TPSA) is 75.7 Å². The molecule has 1 aliphatic rings. The molecule has 0 saturated carbocycles. The molecule has 1 rings (SSSR count). The highest BCUT2D eigenvalue weighted by Gasteiger charge is 2.36. The first-order chi connectivity index (χ1) is 7.61. The Balaban J connectivity index is 2.87. The van der Waals surface area contributed by atoms with E-state index in [0.717, 1.165) is 10.6 Å². The number of carbonyl (C=O) groups excluding carboxylic acids is 1. The van der Waals surface area contributed by atoms with E-state index in [4.69, 9.17) is 4.74 Å². The van der Waals surface area contributed by atoms with Gasteiger partial charge in [0.2, 0.25) is 10.0 Å². The highest BCUT2D eigenvalue weighted by molar-refractivity contribution is 7.88. The Labute approximate surface area is 102 Å². The third kappa shape index (κ3) is 4.16. The second-order valence-corrected chi connectivity index (χ2v) is 7.05. The van der Waals surface area contributed by atoms with Crippen molar-refractivity contribution in [3.05, 3.63) is 0 Å². The Hall–Kier alpha value is -0.820. The molecule has 1 amide bonds. The molecule has 6 nitrogen and oxygen atoms in total. The van der Waals surface area contributed by atoms with E-state index in [1.165, 1.54) is 0 Å². The lowest BCUT2D eigenvalue weighted by atomic mass is 10.2. The van der Waals surface area contributed by atoms with Crippen LogP contribution in [-0.2, 0) is 14.8 Å². The molecule has 0 aromatic carbocycles. The van der Waals surface area contributed by atoms with Gasteiger partial charge < -0.3 is 10.1 Å². The Bertz CT molecular complexity index is 380. The van der Waals surface area contributed by atoms with Gasteiger partial charge in [-0.1, -0.05) is 0 Å². The lowest BCUT2D eigenvalue weighted by Crippen LogP contribution is -2.47. The monoisotopic (exact) mass is 264 g/mol. The van der Waals surface area contributed by atoms with Crippen molar-refractivity contribution in [2.24, 2.45) is 0 Å². The molecule has 1 saturated heterocycles. The first-order valence-electron chi connectivity index (χ1n) is 5.54. The molecule has 0 spiro atoms. The van der Waals surface area contributed by atoms with Crippen LogP contribution in [0.4, 0.5) is 4.79 Å². The molecule has 100 valence electrons. The molecule has 1 unspecified atom stereocenters. The summed E-state index contributed by atoms with van der Waals surface area (Å²) in [6.07, 6.45) is 0.843. The number of nitrogens with one attached hydrogen (secondary N) is 1. The average molecular weight is 264 g/mol. The summed E-state index contributed by atoms with van der Waals surface area (Å²) in [6.45, 7) is 6.31. The Kier molecular flexibility index (Phi) is 4.03. The molecule has 17 heavy (non-hydrogen) atoms. The van der Waals surface area contributed by atoms with Crippen LogP contribution < -0.4 is 5.32 Å². The number of carbonyl (C=O) groups is 1. The van der Waals surface area contributed by atoms with Gasteiger partial charge in [0.1, 0.15) is 5.60 Å². The largest absolute Gasteiger partial charge is 0.443 e. The van der Waals surface area contributed by atoms with Crippen LogP contribution in [0, 0.1) is 0 Å². The zero-order valence-corrected chi connectivity index (χ0v) is 11.5. The van der Waals surface area contributed by atoms with Crippen LogP contribution in [0.3, 0.4) is 0 Å². The minimum atomic E-state index is -3.60. The van der Waals surface area contributed by atoms with Gasteiger partial charge in [0.15, 0.2) is 0 Å². The van der Waals surface area contributed by atoms with Crippen molar-refractivity contribution in [1.29, 1.82) is 0 Å². The third-order valence-corrected chi connectivity index (χ3v) is 3.46. The van der Waals surface area contributed by atoms with E-state index in [-0.39, 0.29) is 6.04 Å². The Morgan fingerprint density at radius 3 is 2.35 bits per heavy atom. The number of rotatable bonds is 2. The fourth-order valence-electron chi connectivity index (χ4n) is 1.70. The van der Waals surface area contributed by atoms with Crippen LogP contribution in [-0.4, -0.2) is 49.8 Å². The maximum absolute atomic E-state index is 11.9. The van der Waals surface area contributed by atoms with Crippen LogP contribution in [0.2, 0.25) is 0 Å². The van der Waals surface area contributed by atoms with Crippen molar-refractivity contribution < 1.29 is 17.9 Å². The van der Waals surface area contributed by atoms with Gasteiger partial charge in [0.25, 0.3) is 0 Å². The maximum Gasteiger partial charge on any atom is 0.424 e. The summed E-state index contributed by atoms with van der Waals surface area (Å²) in [6, 6.07) is -0.347. The van der Waals surface area contributed by atoms with Crippen LogP contribution in [0.15, 0.2) is 0 Å². The number of nitrogens with zero attached hydrogens (tertiary/aromatic N) is 1. The van der Waals surface area contributed by atoms with Crippen LogP contribution >= 0.6 is 0 Å². The molecule has 1 heterocycles. The number of sulfonamides is 1. The predicted molar refractivity (Wildman–Crippen MR) is 64.2 cm³/mol. The number of hydrogen-bond donors (Lipinski definition) is 1. The van der Waals surface area contributed by atoms with E-state index in [9.17, 15) is 13.2 Å². The third-order valence-electron chi connectivity index (χ3n) is 2.30. The Morgan fingerprint density at radius 2 is 2.00 bits per heavy atom. The van der Waals surface area contributed by atoms with Crippen molar-refractivity contribution in [3.8, 4) is 0 Å². The zero-order chi connectivity index (χ0) is 13.3. The van der Waals surface area contributed by atoms with E-state index < -0.39 is 21.7 Å². The van der Waals surface area contributed by atoms with Gasteiger partial charge in [-0.2, -0.15) is 0 Å². The minimum absolute atomic E-state index is 0.347. The number of hydrogen-bond acceptors (Lipinski definition) is 5. The second-order valence-electron chi connectivity index (χ2n) is 5.19. The smallest absolute Gasteiger partial charge is 0.424 e. The second kappa shape index (κ2) is 4.81. The predicted octanol–water partition coefficient (Wildman–Crippen LogP) is 0.545. The molecule has 1 N–H and O–H groups in total. The van der Waals surface area contributed by atoms with Crippen molar-refractivity contribution in [1.82, 2.24) is 9.62 Å². The van der Waals surface area contributed by atoms with E-state index in [0.29, 0.717) is 19.5 Å². The van der Waals surface area contributed by atoms with Gasteiger partial charge in [-0.15, -0.1) is 0 Å². The highest BCUT2D eigenvalue weighted by Crippen LogP contribution is 2.17. The SMILES string of the molecule is CC(C)(C)OC(=O)N(C1CCNC1)S(C)(=O)=O. The highest BCUT2D eigenvalue weighted by atomic mass is 32.2. The fourth-order valence-corrected chi connectivity index (χ4v) is 2.73. The molecular weight excluding hydrogens is 244 g/mol. The molecule has 7 heteroatoms. The van der Waals surface area contributed by atoms with Crippen LogP contribution in [0.5, 0.6) is 0 Å². The summed E-state index contributed by atoms with van der Waals surface area (Å²) in [7, 11) is -3.60. The first-order valence-corrected chi connectivity index (χ1v) is 7.39. The lowest BCUT2D eigenvalue weighted by molar-refractivity contribution is 0.0349. The van der Waals surface area contributed by atoms with E-state index in [1.807, 2.05) is 0 Å². The summed E-state index contributed by atoms with van der Waals surface area (Å²) in [5.74, 6) is 0. The van der Waals surface area contributed by atoms with Crippen molar-refractivity contribution in [2.45, 2.75) is 38.8 Å². The molecule has 0 aromatic heterocycles. The molecule has 1 atom stereocenters. The summed E-state index contributed by atoms with van der Waals surface area (Å²) >= 11 is 0. The van der Waals surface area contributed by atoms with Gasteiger partial charge in [-0.3, -0.25) is 0 Å². The van der Waals surface area contributed by atoms with Crippen molar-refractivity contribution in [2.75, 3.05) is 19.3 Å². The van der Waals surface area contributed by atoms with Gasteiger partial charge in [0, 0.05) is 6.54 Å². The molecular formula is C10H20N2O4S. The summed E-state index contributed by atoms with van der Waals surface area (Å²) in [5, 5.41) is 3.03. The lowest BCUT2D eigenvalue weighted by Gasteiger charge is -2.29. The van der Waals surface area contributed by atoms with Gasteiger partial charge in [-0.25, -0.2) is 17.5 Å². The summed E-state index contributed by atoms with van der Waals surface area (Å²) in [5.41, 5.74) is -0.702.